The summed E-state index contributed by atoms with van der Waals surface area (Å²) in [6.45, 7) is 7.32. The number of hydrogen-bond acceptors (Lipinski definition) is 1. The maximum absolute atomic E-state index is 5.25. The fourth-order valence-electron chi connectivity index (χ4n) is 0.902. The molecule has 0 fully saturated rings. The van der Waals surface area contributed by atoms with E-state index < -0.39 is 8.07 Å². The van der Waals surface area contributed by atoms with Crippen LogP contribution in [0.15, 0.2) is 0 Å². The minimum absolute atomic E-state index is 0.0633. The van der Waals surface area contributed by atoms with Crippen molar-refractivity contribution in [2.45, 2.75) is 38.2 Å². The van der Waals surface area contributed by atoms with Crippen molar-refractivity contribution in [1.82, 2.24) is 0 Å². The molecule has 0 heterocycles. The summed E-state index contributed by atoms with van der Waals surface area (Å²) >= 11 is 0. The van der Waals surface area contributed by atoms with E-state index in [0.29, 0.717) is 0 Å². The van der Waals surface area contributed by atoms with E-state index in [4.69, 9.17) is 4.12 Å². The second-order valence-electron chi connectivity index (χ2n) is 4.01. The Bertz CT molecular complexity index is 79.6. The maximum atomic E-state index is 5.25. The Kier molecular flexibility index (Phi) is 5.61. The lowest BCUT2D eigenvalue weighted by Crippen LogP contribution is -2.18. The summed E-state index contributed by atoms with van der Waals surface area (Å²) in [6.07, 6.45) is 1.43. The van der Waals surface area contributed by atoms with Crippen LogP contribution in [0.25, 0.3) is 0 Å². The zero-order chi connectivity index (χ0) is 8.04. The minimum atomic E-state index is -0.729. The molecule has 0 N–H and O–H groups in total. The van der Waals surface area contributed by atoms with E-state index in [2.05, 4.69) is 19.6 Å². The van der Waals surface area contributed by atoms with Crippen molar-refractivity contribution in [3.05, 3.63) is 0 Å². The van der Waals surface area contributed by atoms with Crippen LogP contribution >= 0.6 is 0 Å². The Morgan fingerprint density at radius 2 is 2.00 bits per heavy atom. The van der Waals surface area contributed by atoms with Gasteiger partial charge in [-0.15, -0.1) is 0 Å². The van der Waals surface area contributed by atoms with Gasteiger partial charge in [0.1, 0.15) is 20.2 Å². The average molecular weight is 192 g/mol. The van der Waals surface area contributed by atoms with Crippen molar-refractivity contribution in [3.63, 3.8) is 0 Å². The van der Waals surface area contributed by atoms with Gasteiger partial charge in [0.05, 0.1) is 0 Å². The van der Waals surface area contributed by atoms with Gasteiger partial charge in [0.15, 0.2) is 0 Å². The molecule has 0 amide bonds. The molecule has 0 aromatic rings. The third-order valence-corrected chi connectivity index (χ3v) is 5.80. The molecule has 0 aromatic heterocycles. The molecule has 0 unspecified atom stereocenters. The average Bonchev–Trinajstić information content (AvgIpc) is 1.78. The van der Waals surface area contributed by atoms with Crippen molar-refractivity contribution in [3.8, 4) is 0 Å². The van der Waals surface area contributed by atoms with Crippen molar-refractivity contribution >= 4 is 28.3 Å². The van der Waals surface area contributed by atoms with Gasteiger partial charge in [0.2, 0.25) is 0 Å². The molecule has 1 nitrogen and oxygen atoms in total. The van der Waals surface area contributed by atoms with Gasteiger partial charge in [-0.2, -0.15) is 0 Å². The quantitative estimate of drug-likeness (QED) is 0.456. The summed E-state index contributed by atoms with van der Waals surface area (Å²) in [5.74, 6) is 0. The van der Waals surface area contributed by atoms with Crippen LogP contribution in [0, 0.1) is 0 Å². The zero-order valence-electron chi connectivity index (χ0n) is 7.74. The lowest BCUT2D eigenvalue weighted by Gasteiger charge is -2.14. The normalized spacial score (nSPS) is 13.5. The molecular weight excluding hydrogens is 172 g/mol. The first-order chi connectivity index (χ1) is 4.56. The molecule has 4 heteroatoms. The van der Waals surface area contributed by atoms with E-state index in [1.54, 1.807) is 0 Å². The summed E-state index contributed by atoms with van der Waals surface area (Å²) < 4.78 is 5.25. The Labute approximate surface area is 71.1 Å². The predicted octanol–water partition coefficient (Wildman–Crippen LogP) is 0.514. The van der Waals surface area contributed by atoms with E-state index in [9.17, 15) is 0 Å². The highest BCUT2D eigenvalue weighted by molar-refractivity contribution is 6.76. The Hall–Kier alpha value is 0.611. The summed E-state index contributed by atoms with van der Waals surface area (Å²) in [7, 11) is 0.176. The van der Waals surface area contributed by atoms with Gasteiger partial charge in [-0.25, -0.2) is 0 Å². The monoisotopic (exact) mass is 192 g/mol. The van der Waals surface area contributed by atoms with Gasteiger partial charge in [0.25, 0.3) is 0 Å². The van der Waals surface area contributed by atoms with Gasteiger partial charge in [0, 0.05) is 8.07 Å². The van der Waals surface area contributed by atoms with Gasteiger partial charge >= 0.3 is 0 Å². The molecule has 0 aliphatic rings. The standard InChI is InChI=1S/C6H20OSi3/c1-10(2,3)6-4-5-9-7-8/h4-6,9H2,1-3,8H3. The smallest absolute Gasteiger partial charge is 0.145 e. The van der Waals surface area contributed by atoms with Crippen molar-refractivity contribution in [1.29, 1.82) is 0 Å². The topological polar surface area (TPSA) is 9.23 Å². The summed E-state index contributed by atoms with van der Waals surface area (Å²) in [6, 6.07) is 2.90. The number of rotatable bonds is 5. The molecule has 0 atom stereocenters. The first-order valence-corrected chi connectivity index (χ1v) is 10.2. The maximum Gasteiger partial charge on any atom is 0.145 e. The van der Waals surface area contributed by atoms with Crippen LogP contribution in [0.3, 0.4) is 0 Å². The van der Waals surface area contributed by atoms with E-state index in [-0.39, 0.29) is 9.76 Å². The Morgan fingerprint density at radius 3 is 2.40 bits per heavy atom. The van der Waals surface area contributed by atoms with Crippen LogP contribution in [0.4, 0.5) is 0 Å². The molecule has 62 valence electrons. The minimum Gasteiger partial charge on any atom is -0.468 e. The summed E-state index contributed by atoms with van der Waals surface area (Å²) in [5, 5.41) is 0. The molecule has 0 saturated heterocycles. The third-order valence-electron chi connectivity index (χ3n) is 1.53. The van der Waals surface area contributed by atoms with Crippen LogP contribution in [-0.2, 0) is 4.12 Å². The van der Waals surface area contributed by atoms with Gasteiger partial charge < -0.3 is 4.12 Å². The van der Waals surface area contributed by atoms with E-state index >= 15 is 0 Å². The first kappa shape index (κ1) is 10.6. The molecule has 0 aromatic carbocycles. The SMILES string of the molecule is C[Si](C)(C)CCC[SiH2]O[SiH3]. The fraction of sp³-hybridized carbons (Fsp3) is 1.00. The van der Waals surface area contributed by atoms with Crippen LogP contribution in [0.1, 0.15) is 6.42 Å². The first-order valence-electron chi connectivity index (χ1n) is 4.05. The highest BCUT2D eigenvalue weighted by Crippen LogP contribution is 2.12. The highest BCUT2D eigenvalue weighted by Gasteiger charge is 2.11. The number of hydrogen-bond donors (Lipinski definition) is 0. The van der Waals surface area contributed by atoms with Crippen molar-refractivity contribution < 1.29 is 4.12 Å². The van der Waals surface area contributed by atoms with Gasteiger partial charge in [-0.05, 0) is 6.04 Å². The molecule has 0 aliphatic heterocycles. The third kappa shape index (κ3) is 8.61. The Balaban J connectivity index is 3.04. The highest BCUT2D eigenvalue weighted by atomic mass is 28.3. The Morgan fingerprint density at radius 1 is 1.40 bits per heavy atom. The zero-order valence-corrected chi connectivity index (χ0v) is 12.2. The van der Waals surface area contributed by atoms with Gasteiger partial charge in [-0.3, -0.25) is 0 Å². The second-order valence-corrected chi connectivity index (χ2v) is 13.1. The van der Waals surface area contributed by atoms with Crippen LogP contribution in [-0.4, -0.2) is 28.3 Å². The van der Waals surface area contributed by atoms with E-state index in [1.165, 1.54) is 18.5 Å². The lowest BCUT2D eigenvalue weighted by molar-refractivity contribution is 0.657. The molecule has 0 bridgehead atoms. The van der Waals surface area contributed by atoms with E-state index in [0.717, 1.165) is 10.5 Å². The fourth-order valence-corrected chi connectivity index (χ4v) is 4.32. The van der Waals surface area contributed by atoms with Crippen LogP contribution < -0.4 is 0 Å². The molecular formula is C6H20OSi3. The summed E-state index contributed by atoms with van der Waals surface area (Å²) in [4.78, 5) is 0. The van der Waals surface area contributed by atoms with Gasteiger partial charge in [-0.1, -0.05) is 32.1 Å². The molecule has 10 heavy (non-hydrogen) atoms. The summed E-state index contributed by atoms with van der Waals surface area (Å²) in [5.41, 5.74) is 0. The molecule has 0 radical (unpaired) electrons. The lowest BCUT2D eigenvalue weighted by atomic mass is 10.6. The van der Waals surface area contributed by atoms with E-state index in [1.807, 2.05) is 0 Å². The second kappa shape index (κ2) is 5.29. The molecule has 0 spiro atoms. The van der Waals surface area contributed by atoms with Crippen molar-refractivity contribution in [2.24, 2.45) is 0 Å². The van der Waals surface area contributed by atoms with Crippen LogP contribution in [0.5, 0.6) is 0 Å². The van der Waals surface area contributed by atoms with Crippen molar-refractivity contribution in [2.75, 3.05) is 0 Å². The van der Waals surface area contributed by atoms with Crippen LogP contribution in [0.2, 0.25) is 31.7 Å². The largest absolute Gasteiger partial charge is 0.468 e. The predicted molar refractivity (Wildman–Crippen MR) is 57.1 cm³/mol. The molecule has 0 aliphatic carbocycles. The molecule has 0 rings (SSSR count). The molecule has 0 saturated carbocycles.